The van der Waals surface area contributed by atoms with Crippen LogP contribution in [0.5, 0.6) is 0 Å². The van der Waals surface area contributed by atoms with Gasteiger partial charge in [0, 0.05) is 17.1 Å². The number of hydrogen-bond donors (Lipinski definition) is 0. The number of aliphatic imine (C=N–C) groups is 1. The molecule has 1 heterocycles. The average Bonchev–Trinajstić information content (AvgIpc) is 3.82. The van der Waals surface area contributed by atoms with E-state index < -0.39 is 0 Å². The SMILES string of the molecule is C1=C(c2ccccc2)/N=C(/c2ccccc2)C2=C3C(C/1)c1cccc4c1C3(c1cc(-c3ccc(-c5ccc6ccccc6c5)cc3)ccc12)c1ccccc1-4. The quantitative estimate of drug-likeness (QED) is 0.174. The monoisotopic (exact) mass is 697 g/mol. The molecule has 55 heavy (non-hydrogen) atoms. The van der Waals surface area contributed by atoms with Crippen molar-refractivity contribution in [2.75, 3.05) is 0 Å². The Bertz CT molecular complexity index is 2980. The Labute approximate surface area is 321 Å². The van der Waals surface area contributed by atoms with Crippen LogP contribution in [0.1, 0.15) is 51.3 Å². The van der Waals surface area contributed by atoms with Gasteiger partial charge in [-0.1, -0.05) is 182 Å². The molecule has 0 saturated heterocycles. The predicted octanol–water partition coefficient (Wildman–Crippen LogP) is 13.3. The Morgan fingerprint density at radius 2 is 1.07 bits per heavy atom. The van der Waals surface area contributed by atoms with E-state index in [0.29, 0.717) is 0 Å². The Kier molecular flexibility index (Phi) is 6.45. The van der Waals surface area contributed by atoms with E-state index in [1.807, 2.05) is 0 Å². The molecule has 0 fully saturated rings. The molecule has 8 aromatic carbocycles. The van der Waals surface area contributed by atoms with Crippen LogP contribution in [0.15, 0.2) is 205 Å². The minimum absolute atomic E-state index is 0.225. The Hall–Kier alpha value is -6.83. The zero-order chi connectivity index (χ0) is 36.1. The maximum Gasteiger partial charge on any atom is 0.0788 e. The van der Waals surface area contributed by atoms with Gasteiger partial charge in [0.1, 0.15) is 0 Å². The van der Waals surface area contributed by atoms with Gasteiger partial charge >= 0.3 is 0 Å². The molecule has 1 spiro atoms. The molecule has 1 nitrogen and oxygen atoms in total. The van der Waals surface area contributed by atoms with E-state index in [0.717, 1.165) is 29.0 Å². The van der Waals surface area contributed by atoms with Crippen LogP contribution in [0.2, 0.25) is 0 Å². The highest BCUT2D eigenvalue weighted by molar-refractivity contribution is 6.36. The summed E-state index contributed by atoms with van der Waals surface area (Å²) in [4.78, 5) is 5.67. The lowest BCUT2D eigenvalue weighted by molar-refractivity contribution is 0.730. The largest absolute Gasteiger partial charge is 0.247 e. The summed E-state index contributed by atoms with van der Waals surface area (Å²) in [5.41, 5.74) is 21.4. The van der Waals surface area contributed by atoms with Gasteiger partial charge in [-0.2, -0.15) is 0 Å². The second-order valence-electron chi connectivity index (χ2n) is 15.3. The summed E-state index contributed by atoms with van der Waals surface area (Å²) in [6, 6.07) is 69.6. The van der Waals surface area contributed by atoms with Gasteiger partial charge in [-0.25, -0.2) is 4.99 Å². The topological polar surface area (TPSA) is 12.4 Å². The first kappa shape index (κ1) is 30.6. The van der Waals surface area contributed by atoms with Crippen molar-refractivity contribution in [3.63, 3.8) is 0 Å². The normalized spacial score (nSPS) is 20.4. The van der Waals surface area contributed by atoms with Crippen LogP contribution in [0, 0.1) is 0 Å². The van der Waals surface area contributed by atoms with Crippen molar-refractivity contribution in [1.29, 1.82) is 0 Å². The summed E-state index contributed by atoms with van der Waals surface area (Å²) in [7, 11) is 0. The third kappa shape index (κ3) is 4.27. The Morgan fingerprint density at radius 3 is 1.87 bits per heavy atom. The van der Waals surface area contributed by atoms with Crippen LogP contribution in [0.3, 0.4) is 0 Å². The molecule has 0 aromatic heterocycles. The highest BCUT2D eigenvalue weighted by Gasteiger charge is 2.60. The highest BCUT2D eigenvalue weighted by atomic mass is 14.8. The summed E-state index contributed by atoms with van der Waals surface area (Å²) in [5.74, 6) is 0.225. The molecule has 256 valence electrons. The maximum absolute atomic E-state index is 5.67. The molecule has 4 aliphatic rings. The Morgan fingerprint density at radius 1 is 0.436 bits per heavy atom. The minimum Gasteiger partial charge on any atom is -0.247 e. The smallest absolute Gasteiger partial charge is 0.0788 e. The van der Waals surface area contributed by atoms with E-state index in [2.05, 4.69) is 194 Å². The third-order valence-electron chi connectivity index (χ3n) is 12.6. The molecule has 2 unspecified atom stereocenters. The van der Waals surface area contributed by atoms with E-state index >= 15 is 0 Å². The average molecular weight is 698 g/mol. The van der Waals surface area contributed by atoms with Gasteiger partial charge in [0.05, 0.1) is 16.8 Å². The fraction of sp³-hybridized carbons (Fsp3) is 0.0556. The van der Waals surface area contributed by atoms with Crippen LogP contribution in [0.25, 0.3) is 55.4 Å². The van der Waals surface area contributed by atoms with Crippen molar-refractivity contribution in [2.45, 2.75) is 17.8 Å². The molecule has 1 aliphatic heterocycles. The number of hydrogen-bond acceptors (Lipinski definition) is 1. The zero-order valence-corrected chi connectivity index (χ0v) is 30.2. The van der Waals surface area contributed by atoms with Gasteiger partial charge in [0.15, 0.2) is 0 Å². The van der Waals surface area contributed by atoms with E-state index in [9.17, 15) is 0 Å². The van der Waals surface area contributed by atoms with E-state index in [1.54, 1.807) is 0 Å². The molecule has 0 radical (unpaired) electrons. The zero-order valence-electron chi connectivity index (χ0n) is 30.2. The fourth-order valence-electron chi connectivity index (χ4n) is 10.3. The van der Waals surface area contributed by atoms with Gasteiger partial charge in [-0.3, -0.25) is 0 Å². The first-order valence-corrected chi connectivity index (χ1v) is 19.4. The molecule has 0 amide bonds. The van der Waals surface area contributed by atoms with Crippen molar-refractivity contribution < 1.29 is 0 Å². The molecule has 0 N–H and O–H groups in total. The molecule has 2 atom stereocenters. The van der Waals surface area contributed by atoms with Crippen molar-refractivity contribution in [3.05, 3.63) is 239 Å². The Balaban J connectivity index is 1.10. The molecule has 0 bridgehead atoms. The summed E-state index contributed by atoms with van der Waals surface area (Å²) in [6.45, 7) is 0. The van der Waals surface area contributed by atoms with Crippen molar-refractivity contribution in [2.24, 2.45) is 4.99 Å². The van der Waals surface area contributed by atoms with Crippen molar-refractivity contribution in [1.82, 2.24) is 0 Å². The lowest BCUT2D eigenvalue weighted by Crippen LogP contribution is -2.25. The molecular formula is C54H35N. The standard InChI is InChI=1S/C54H35N/c1-3-13-37(14-4-1)49-31-30-45-44-20-11-19-43-42-18-9-10-21-47(42)54(51(43)44)48-33-41(28-29-46(48)50(52(45)54)53(55-49)38-15-5-2-6-16-38)36-24-22-35(23-25-36)40-27-26-34-12-7-8-17-39(34)32-40/h1-29,31-33,45H,30H2/b49-31+,55-53-. The number of nitrogens with zero attached hydrogens (tertiary/aromatic N) is 1. The number of fused-ring (bicyclic) bond motifs is 6. The highest BCUT2D eigenvalue weighted by Crippen LogP contribution is 2.71. The predicted molar refractivity (Wildman–Crippen MR) is 228 cm³/mol. The number of allylic oxidation sites excluding steroid dienone is 3. The summed E-state index contributed by atoms with van der Waals surface area (Å²) in [5, 5.41) is 2.53. The summed E-state index contributed by atoms with van der Waals surface area (Å²) < 4.78 is 0. The van der Waals surface area contributed by atoms with E-state index in [-0.39, 0.29) is 11.3 Å². The first-order chi connectivity index (χ1) is 27.3. The fourth-order valence-corrected chi connectivity index (χ4v) is 10.3. The minimum atomic E-state index is -0.382. The lowest BCUT2D eigenvalue weighted by Gasteiger charge is -2.30. The van der Waals surface area contributed by atoms with Crippen LogP contribution in [0.4, 0.5) is 0 Å². The van der Waals surface area contributed by atoms with E-state index in [4.69, 9.17) is 4.99 Å². The van der Waals surface area contributed by atoms with Crippen molar-refractivity contribution in [3.8, 4) is 33.4 Å². The number of rotatable bonds is 4. The van der Waals surface area contributed by atoms with Gasteiger partial charge in [-0.15, -0.1) is 0 Å². The third-order valence-corrected chi connectivity index (χ3v) is 12.6. The van der Waals surface area contributed by atoms with Crippen molar-refractivity contribution >= 4 is 27.8 Å². The van der Waals surface area contributed by atoms with Gasteiger partial charge in [-0.05, 0) is 102 Å². The second-order valence-corrected chi connectivity index (χ2v) is 15.3. The van der Waals surface area contributed by atoms with E-state index in [1.165, 1.54) is 83.1 Å². The maximum atomic E-state index is 5.67. The molecular weight excluding hydrogens is 663 g/mol. The van der Waals surface area contributed by atoms with Gasteiger partial charge < -0.3 is 0 Å². The summed E-state index contributed by atoms with van der Waals surface area (Å²) >= 11 is 0. The van der Waals surface area contributed by atoms with Crippen LogP contribution in [-0.4, -0.2) is 5.71 Å². The van der Waals surface area contributed by atoms with Crippen LogP contribution < -0.4 is 0 Å². The molecule has 1 heteroatoms. The molecule has 3 aliphatic carbocycles. The molecule has 0 saturated carbocycles. The first-order valence-electron chi connectivity index (χ1n) is 19.4. The van der Waals surface area contributed by atoms with Gasteiger partial charge in [0.2, 0.25) is 0 Å². The van der Waals surface area contributed by atoms with Gasteiger partial charge in [0.25, 0.3) is 0 Å². The summed E-state index contributed by atoms with van der Waals surface area (Å²) in [6.07, 6.45) is 3.30. The van der Waals surface area contributed by atoms with Crippen LogP contribution >= 0.6 is 0 Å². The second kappa shape index (κ2) is 11.6. The number of benzene rings is 8. The lowest BCUT2D eigenvalue weighted by atomic mass is 9.71. The molecule has 8 aromatic rings. The van der Waals surface area contributed by atoms with Crippen LogP contribution in [-0.2, 0) is 5.41 Å². The molecule has 12 rings (SSSR count).